The molecule has 0 aliphatic rings. The van der Waals surface area contributed by atoms with E-state index in [1.54, 1.807) is 10.6 Å². The summed E-state index contributed by atoms with van der Waals surface area (Å²) in [6.45, 7) is 2.30. The summed E-state index contributed by atoms with van der Waals surface area (Å²) < 4.78 is 1.66. The Morgan fingerprint density at radius 1 is 1.20 bits per heavy atom. The Balaban J connectivity index is 1.63. The molecule has 2 aromatic carbocycles. The van der Waals surface area contributed by atoms with Crippen LogP contribution in [0.5, 0.6) is 0 Å². The Morgan fingerprint density at radius 3 is 2.70 bits per heavy atom. The lowest BCUT2D eigenvalue weighted by atomic mass is 10.2. The van der Waals surface area contributed by atoms with E-state index in [0.29, 0.717) is 33.4 Å². The summed E-state index contributed by atoms with van der Waals surface area (Å²) in [6, 6.07) is 17.0. The van der Waals surface area contributed by atoms with Crippen molar-refractivity contribution >= 4 is 40.3 Å². The highest BCUT2D eigenvalue weighted by molar-refractivity contribution is 7.99. The summed E-state index contributed by atoms with van der Waals surface area (Å²) in [5, 5.41) is 20.3. The standard InChI is InChI=1S/C21H19ClN6OS/c1-13-18-19(23)28(16-10-6-5-9-15(16)22)21(25-20(18)27-26-13)30-12-17(29)24-11-14-7-3-2-4-8-14/h2-10,23H,11-12H2,1H3,(H,24,29)(H,26,27). The lowest BCUT2D eigenvalue weighted by Gasteiger charge is -2.14. The monoisotopic (exact) mass is 438 g/mol. The summed E-state index contributed by atoms with van der Waals surface area (Å²) in [5.41, 5.74) is 3.06. The molecule has 2 heterocycles. The maximum Gasteiger partial charge on any atom is 0.230 e. The van der Waals surface area contributed by atoms with Gasteiger partial charge in [-0.2, -0.15) is 5.10 Å². The molecule has 0 fully saturated rings. The molecule has 3 N–H and O–H groups in total. The summed E-state index contributed by atoms with van der Waals surface area (Å²) in [4.78, 5) is 17.0. The Labute approximate surface area is 182 Å². The van der Waals surface area contributed by atoms with Gasteiger partial charge in [0, 0.05) is 12.2 Å². The average molecular weight is 439 g/mol. The van der Waals surface area contributed by atoms with Gasteiger partial charge >= 0.3 is 0 Å². The molecule has 0 radical (unpaired) electrons. The molecule has 1 amide bonds. The van der Waals surface area contributed by atoms with E-state index in [0.717, 1.165) is 11.3 Å². The third-order valence-electron chi connectivity index (χ3n) is 4.54. The second-order valence-corrected chi connectivity index (χ2v) is 7.98. The van der Waals surface area contributed by atoms with Crippen LogP contribution in [0.4, 0.5) is 0 Å². The fourth-order valence-corrected chi connectivity index (χ4v) is 4.11. The number of benzene rings is 2. The van der Waals surface area contributed by atoms with Gasteiger partial charge in [0.2, 0.25) is 5.91 Å². The molecule has 0 saturated carbocycles. The number of halogens is 1. The zero-order chi connectivity index (χ0) is 21.1. The van der Waals surface area contributed by atoms with Gasteiger partial charge in [-0.25, -0.2) is 4.98 Å². The maximum atomic E-state index is 12.4. The lowest BCUT2D eigenvalue weighted by Crippen LogP contribution is -2.26. The normalized spacial score (nSPS) is 11.0. The number of para-hydroxylation sites is 1. The molecule has 0 saturated heterocycles. The highest BCUT2D eigenvalue weighted by Gasteiger charge is 2.17. The molecule has 0 unspecified atom stereocenters. The van der Waals surface area contributed by atoms with Crippen LogP contribution >= 0.6 is 23.4 Å². The number of nitrogens with one attached hydrogen (secondary N) is 3. The fourth-order valence-electron chi connectivity index (χ4n) is 3.06. The molecule has 0 spiro atoms. The van der Waals surface area contributed by atoms with Gasteiger partial charge in [-0.1, -0.05) is 65.8 Å². The van der Waals surface area contributed by atoms with Crippen LogP contribution in [0.25, 0.3) is 16.7 Å². The van der Waals surface area contributed by atoms with E-state index < -0.39 is 0 Å². The maximum absolute atomic E-state index is 12.4. The first-order valence-electron chi connectivity index (χ1n) is 9.25. The summed E-state index contributed by atoms with van der Waals surface area (Å²) in [7, 11) is 0. The Hall–Kier alpha value is -3.10. The molecule has 2 aromatic heterocycles. The van der Waals surface area contributed by atoms with Crippen LogP contribution < -0.4 is 10.8 Å². The van der Waals surface area contributed by atoms with Crippen LogP contribution in [-0.2, 0) is 11.3 Å². The molecule has 4 aromatic rings. The third kappa shape index (κ3) is 4.10. The fraction of sp³-hybridized carbons (Fsp3) is 0.143. The number of thioether (sulfide) groups is 1. The molecule has 7 nitrogen and oxygen atoms in total. The van der Waals surface area contributed by atoms with E-state index in [2.05, 4.69) is 20.5 Å². The Morgan fingerprint density at radius 2 is 1.93 bits per heavy atom. The first-order chi connectivity index (χ1) is 14.5. The second-order valence-electron chi connectivity index (χ2n) is 6.63. The number of H-pyrrole nitrogens is 1. The lowest BCUT2D eigenvalue weighted by molar-refractivity contribution is -0.118. The first kappa shape index (κ1) is 20.2. The second kappa shape index (κ2) is 8.73. The van der Waals surface area contributed by atoms with E-state index in [9.17, 15) is 4.79 Å². The highest BCUT2D eigenvalue weighted by atomic mass is 35.5. The topological polar surface area (TPSA) is 99.4 Å². The van der Waals surface area contributed by atoms with Gasteiger partial charge in [-0.05, 0) is 24.6 Å². The quantitative estimate of drug-likeness (QED) is 0.316. The summed E-state index contributed by atoms with van der Waals surface area (Å²) >= 11 is 7.64. The van der Waals surface area contributed by atoms with Crippen molar-refractivity contribution in [2.45, 2.75) is 18.6 Å². The number of rotatable bonds is 6. The zero-order valence-corrected chi connectivity index (χ0v) is 17.7. The van der Waals surface area contributed by atoms with Crippen LogP contribution in [0.3, 0.4) is 0 Å². The molecule has 0 bridgehead atoms. The molecule has 0 atom stereocenters. The number of aromatic nitrogens is 4. The zero-order valence-electron chi connectivity index (χ0n) is 16.1. The van der Waals surface area contributed by atoms with Crippen molar-refractivity contribution < 1.29 is 4.79 Å². The van der Waals surface area contributed by atoms with Crippen LogP contribution in [0.15, 0.2) is 59.8 Å². The first-order valence-corrected chi connectivity index (χ1v) is 10.6. The van der Waals surface area contributed by atoms with Crippen molar-refractivity contribution in [3.8, 4) is 5.69 Å². The van der Waals surface area contributed by atoms with Gasteiger partial charge in [-0.3, -0.25) is 19.9 Å². The van der Waals surface area contributed by atoms with Gasteiger partial charge in [0.1, 0.15) is 5.49 Å². The van der Waals surface area contributed by atoms with Gasteiger partial charge in [-0.15, -0.1) is 0 Å². The molecule has 9 heteroatoms. The minimum atomic E-state index is -0.124. The highest BCUT2D eigenvalue weighted by Crippen LogP contribution is 2.25. The van der Waals surface area contributed by atoms with Crippen molar-refractivity contribution in [1.29, 1.82) is 5.41 Å². The molecular formula is C21H19ClN6OS. The van der Waals surface area contributed by atoms with Gasteiger partial charge < -0.3 is 5.32 Å². The predicted molar refractivity (Wildman–Crippen MR) is 118 cm³/mol. The van der Waals surface area contributed by atoms with E-state index in [4.69, 9.17) is 17.0 Å². The van der Waals surface area contributed by atoms with Crippen molar-refractivity contribution in [3.05, 3.63) is 76.4 Å². The van der Waals surface area contributed by atoms with Crippen molar-refractivity contribution in [1.82, 2.24) is 25.1 Å². The van der Waals surface area contributed by atoms with Crippen LogP contribution in [0, 0.1) is 12.3 Å². The van der Waals surface area contributed by atoms with E-state index in [1.165, 1.54) is 11.8 Å². The van der Waals surface area contributed by atoms with Crippen LogP contribution in [0.2, 0.25) is 5.02 Å². The Kier molecular flexibility index (Phi) is 5.87. The molecule has 0 aliphatic heterocycles. The molecule has 152 valence electrons. The molecule has 30 heavy (non-hydrogen) atoms. The SMILES string of the molecule is Cc1[nH]nc2nc(SCC(=O)NCc3ccccc3)n(-c3ccccc3Cl)c(=N)c12. The number of fused-ring (bicyclic) bond motifs is 1. The number of amides is 1. The van der Waals surface area contributed by atoms with Crippen LogP contribution in [-0.4, -0.2) is 31.4 Å². The number of aromatic amines is 1. The summed E-state index contributed by atoms with van der Waals surface area (Å²) in [6.07, 6.45) is 0. The number of carbonyl (C=O) groups is 1. The number of nitrogens with zero attached hydrogens (tertiary/aromatic N) is 3. The predicted octanol–water partition coefficient (Wildman–Crippen LogP) is 3.60. The molecule has 4 rings (SSSR count). The molecular weight excluding hydrogens is 420 g/mol. The Bertz CT molecular complexity index is 1270. The largest absolute Gasteiger partial charge is 0.351 e. The number of hydrogen-bond donors (Lipinski definition) is 3. The summed E-state index contributed by atoms with van der Waals surface area (Å²) in [5.74, 6) is 0.0275. The number of carbonyl (C=O) groups excluding carboxylic acids is 1. The van der Waals surface area contributed by atoms with Gasteiger partial charge in [0.05, 0.1) is 21.8 Å². The number of aryl methyl sites for hydroxylation is 1. The van der Waals surface area contributed by atoms with E-state index >= 15 is 0 Å². The van der Waals surface area contributed by atoms with Gasteiger partial charge in [0.15, 0.2) is 10.8 Å². The van der Waals surface area contributed by atoms with Crippen LogP contribution in [0.1, 0.15) is 11.3 Å². The third-order valence-corrected chi connectivity index (χ3v) is 5.80. The number of hydrogen-bond acceptors (Lipinski definition) is 5. The minimum absolute atomic E-state index is 0.124. The molecule has 0 aliphatic carbocycles. The smallest absolute Gasteiger partial charge is 0.230 e. The van der Waals surface area contributed by atoms with Gasteiger partial charge in [0.25, 0.3) is 0 Å². The van der Waals surface area contributed by atoms with Crippen molar-refractivity contribution in [3.63, 3.8) is 0 Å². The average Bonchev–Trinajstić information content (AvgIpc) is 3.13. The van der Waals surface area contributed by atoms with Crippen molar-refractivity contribution in [2.24, 2.45) is 0 Å². The van der Waals surface area contributed by atoms with Crippen molar-refractivity contribution in [2.75, 3.05) is 5.75 Å². The minimum Gasteiger partial charge on any atom is -0.351 e. The van der Waals surface area contributed by atoms with E-state index in [-0.39, 0.29) is 17.1 Å². The van der Waals surface area contributed by atoms with E-state index in [1.807, 2.05) is 55.5 Å².